The van der Waals surface area contributed by atoms with Gasteiger partial charge in [-0.1, -0.05) is 36.4 Å². The fourth-order valence-electron chi connectivity index (χ4n) is 4.14. The van der Waals surface area contributed by atoms with Gasteiger partial charge in [-0.05, 0) is 54.8 Å². The van der Waals surface area contributed by atoms with Crippen molar-refractivity contribution in [1.82, 2.24) is 15.6 Å². The number of ketones is 1. The largest absolute Gasteiger partial charge is 0.407 e. The smallest absolute Gasteiger partial charge is 0.333 e. The van der Waals surface area contributed by atoms with E-state index >= 15 is 0 Å². The van der Waals surface area contributed by atoms with E-state index in [-0.39, 0.29) is 16.0 Å². The first-order valence-electron chi connectivity index (χ1n) is 12.6. The van der Waals surface area contributed by atoms with Gasteiger partial charge in [0.1, 0.15) is 11.7 Å². The molecule has 13 heteroatoms. The van der Waals surface area contributed by atoms with E-state index in [0.717, 1.165) is 20.1 Å². The Morgan fingerprint density at radius 2 is 1.45 bits per heavy atom. The van der Waals surface area contributed by atoms with Gasteiger partial charge in [0, 0.05) is 30.6 Å². The van der Waals surface area contributed by atoms with Crippen molar-refractivity contribution < 1.29 is 35.6 Å². The van der Waals surface area contributed by atoms with E-state index in [1.165, 1.54) is 73.1 Å². The van der Waals surface area contributed by atoms with Crippen LogP contribution < -0.4 is 10.6 Å². The van der Waals surface area contributed by atoms with E-state index in [9.17, 15) is 40.8 Å². The molecule has 0 unspecified atom stereocenters. The molecule has 0 radical (unpaired) electrons. The number of nitrogens with zero attached hydrogens (tertiary/aromatic N) is 2. The molecular formula is C29H28F4N4O4S. The Morgan fingerprint density at radius 3 is 1.90 bits per heavy atom. The van der Waals surface area contributed by atoms with Crippen LogP contribution in [-0.2, 0) is 14.6 Å². The van der Waals surface area contributed by atoms with Crippen LogP contribution in [0.3, 0.4) is 0 Å². The van der Waals surface area contributed by atoms with Gasteiger partial charge in [0.2, 0.25) is 5.91 Å². The van der Waals surface area contributed by atoms with Crippen LogP contribution in [0.4, 0.5) is 17.6 Å². The molecule has 0 aliphatic rings. The molecule has 0 spiro atoms. The van der Waals surface area contributed by atoms with Crippen molar-refractivity contribution >= 4 is 21.5 Å². The van der Waals surface area contributed by atoms with Crippen LogP contribution in [0.5, 0.6) is 0 Å². The molecule has 0 aliphatic carbocycles. The van der Waals surface area contributed by atoms with E-state index < -0.39 is 57.9 Å². The van der Waals surface area contributed by atoms with Gasteiger partial charge in [-0.15, -0.1) is 0 Å². The summed E-state index contributed by atoms with van der Waals surface area (Å²) in [5.41, 5.74) is -1.26. The Morgan fingerprint density at radius 1 is 0.929 bits per heavy atom. The lowest BCUT2D eigenvalue weighted by atomic mass is 9.96. The third-order valence-electron chi connectivity index (χ3n) is 6.20. The van der Waals surface area contributed by atoms with E-state index in [0.29, 0.717) is 11.1 Å². The number of benzene rings is 2. The van der Waals surface area contributed by atoms with Crippen LogP contribution in [0.15, 0.2) is 78.0 Å². The fraction of sp³-hybridized carbons (Fsp3) is 0.310. The zero-order valence-corrected chi connectivity index (χ0v) is 23.6. The summed E-state index contributed by atoms with van der Waals surface area (Å²) in [6.45, 7) is 2.18. The Balaban J connectivity index is 1.88. The predicted octanol–water partition coefficient (Wildman–Crippen LogP) is 4.74. The second-order valence-electron chi connectivity index (χ2n) is 10.2. The number of pyridine rings is 1. The maximum atomic E-state index is 14.7. The Labute approximate surface area is 240 Å². The van der Waals surface area contributed by atoms with Crippen molar-refractivity contribution in [3.05, 3.63) is 84.2 Å². The molecule has 222 valence electrons. The van der Waals surface area contributed by atoms with Gasteiger partial charge in [-0.25, -0.2) is 12.8 Å². The first-order chi connectivity index (χ1) is 19.5. The van der Waals surface area contributed by atoms with Gasteiger partial charge in [0.05, 0.1) is 17.0 Å². The van der Waals surface area contributed by atoms with Gasteiger partial charge in [0.25, 0.3) is 0 Å². The first-order valence-corrected chi connectivity index (χ1v) is 14.4. The number of sulfone groups is 1. The van der Waals surface area contributed by atoms with E-state index in [1.807, 2.05) is 0 Å². The van der Waals surface area contributed by atoms with Crippen LogP contribution in [0.1, 0.15) is 42.2 Å². The summed E-state index contributed by atoms with van der Waals surface area (Å²) in [7, 11) is -3.43. The highest BCUT2D eigenvalue weighted by Gasteiger charge is 2.44. The molecule has 8 nitrogen and oxygen atoms in total. The monoisotopic (exact) mass is 604 g/mol. The maximum Gasteiger partial charge on any atom is 0.407 e. The Hall–Kier alpha value is -4.15. The van der Waals surface area contributed by atoms with Crippen molar-refractivity contribution in [1.29, 1.82) is 5.26 Å². The Bertz CT molecular complexity index is 1550. The van der Waals surface area contributed by atoms with Crippen molar-refractivity contribution in [3.8, 4) is 17.2 Å². The highest BCUT2D eigenvalue weighted by Crippen LogP contribution is 2.35. The number of halogens is 4. The average molecular weight is 605 g/mol. The second-order valence-corrected chi connectivity index (χ2v) is 12.2. The van der Waals surface area contributed by atoms with Crippen LogP contribution in [-0.4, -0.2) is 55.3 Å². The summed E-state index contributed by atoms with van der Waals surface area (Å²) in [4.78, 5) is 29.6. The molecule has 2 N–H and O–H groups in total. The van der Waals surface area contributed by atoms with E-state index in [4.69, 9.17) is 0 Å². The normalized spacial score (nSPS) is 14.3. The standard InChI is InChI=1S/C29H28F4N4O4S/c1-28(2,30)16-23(27(39)37-24(17-34)25(38)20-12-14-35-15-13-20)36-26(29(31,32)33)21-6-4-18(5-7-21)19-8-10-22(11-9-19)42(3,40)41/h4-15,23-24,26,36H,16H2,1-3H3,(H,37,39)/t23-,24-,26-/m0/s1. The number of alkyl halides is 4. The first kappa shape index (κ1) is 32.4. The SMILES string of the molecule is CC(C)(F)C[C@H](N[C@@H](c1ccc(-c2ccc(S(C)(=O)=O)cc2)cc1)C(F)(F)F)C(=O)N[C@@H](C#N)C(=O)c1ccncc1. The molecule has 0 aliphatic heterocycles. The van der Waals surface area contributed by atoms with Gasteiger partial charge in [-0.2, -0.15) is 18.4 Å². The maximum absolute atomic E-state index is 14.7. The number of nitriles is 1. The highest BCUT2D eigenvalue weighted by atomic mass is 32.2. The lowest BCUT2D eigenvalue weighted by Crippen LogP contribution is -2.54. The summed E-state index contributed by atoms with van der Waals surface area (Å²) >= 11 is 0. The van der Waals surface area contributed by atoms with E-state index in [1.54, 1.807) is 6.07 Å². The van der Waals surface area contributed by atoms with Gasteiger partial charge < -0.3 is 5.32 Å². The number of rotatable bonds is 11. The topological polar surface area (TPSA) is 129 Å². The number of aromatic nitrogens is 1. The van der Waals surface area contributed by atoms with E-state index in [2.05, 4.69) is 15.6 Å². The molecule has 1 amide bonds. The molecule has 0 saturated heterocycles. The summed E-state index contributed by atoms with van der Waals surface area (Å²) in [5, 5.41) is 13.8. The van der Waals surface area contributed by atoms with Crippen LogP contribution in [0.2, 0.25) is 0 Å². The van der Waals surface area contributed by atoms with Gasteiger partial charge >= 0.3 is 6.18 Å². The molecular weight excluding hydrogens is 576 g/mol. The van der Waals surface area contributed by atoms with Gasteiger partial charge in [0.15, 0.2) is 21.7 Å². The number of carbonyl (C=O) groups excluding carboxylic acids is 2. The quantitative estimate of drug-likeness (QED) is 0.239. The number of amides is 1. The van der Waals surface area contributed by atoms with Crippen LogP contribution in [0, 0.1) is 11.3 Å². The predicted molar refractivity (Wildman–Crippen MR) is 147 cm³/mol. The summed E-state index contributed by atoms with van der Waals surface area (Å²) < 4.78 is 80.8. The number of hydrogen-bond acceptors (Lipinski definition) is 7. The van der Waals surface area contributed by atoms with Crippen molar-refractivity contribution in [2.24, 2.45) is 0 Å². The molecule has 42 heavy (non-hydrogen) atoms. The van der Waals surface area contributed by atoms with Crippen molar-refractivity contribution in [3.63, 3.8) is 0 Å². The van der Waals surface area contributed by atoms with Gasteiger partial charge in [-0.3, -0.25) is 19.9 Å². The fourth-order valence-corrected chi connectivity index (χ4v) is 4.77. The molecule has 0 saturated carbocycles. The molecule has 0 fully saturated rings. The third kappa shape index (κ3) is 8.67. The number of carbonyl (C=O) groups is 2. The minimum atomic E-state index is -4.92. The van der Waals surface area contributed by atoms with Crippen molar-refractivity contribution in [2.75, 3.05) is 6.26 Å². The minimum Gasteiger partial charge on any atom is -0.333 e. The molecule has 3 aromatic rings. The number of Topliss-reactive ketones (excluding diaryl/α,β-unsaturated/α-hetero) is 1. The zero-order valence-electron chi connectivity index (χ0n) is 22.8. The molecule has 1 heterocycles. The molecule has 0 bridgehead atoms. The number of hydrogen-bond donors (Lipinski definition) is 2. The van der Waals surface area contributed by atoms with Crippen LogP contribution >= 0.6 is 0 Å². The molecule has 1 aromatic heterocycles. The minimum absolute atomic E-state index is 0.0476. The number of nitrogens with one attached hydrogen (secondary N) is 2. The van der Waals surface area contributed by atoms with Crippen molar-refractivity contribution in [2.45, 2.75) is 55.1 Å². The summed E-state index contributed by atoms with van der Waals surface area (Å²) in [6, 6.07) is 9.30. The summed E-state index contributed by atoms with van der Waals surface area (Å²) in [6.07, 6.45) is -1.97. The Kier molecular flexibility index (Phi) is 9.86. The second kappa shape index (κ2) is 12.8. The molecule has 2 aromatic carbocycles. The average Bonchev–Trinajstić information content (AvgIpc) is 2.92. The molecule has 3 rings (SSSR count). The highest BCUT2D eigenvalue weighted by molar-refractivity contribution is 7.90. The molecule has 3 atom stereocenters. The lowest BCUT2D eigenvalue weighted by Gasteiger charge is -2.30. The lowest BCUT2D eigenvalue weighted by molar-refractivity contribution is -0.161. The summed E-state index contributed by atoms with van der Waals surface area (Å²) in [5.74, 6) is -1.97. The van der Waals surface area contributed by atoms with Crippen LogP contribution in [0.25, 0.3) is 11.1 Å². The third-order valence-corrected chi connectivity index (χ3v) is 7.33. The zero-order chi connectivity index (χ0) is 31.3.